The smallest absolute Gasteiger partial charge is 0.0607 e. The molecule has 0 unspecified atom stereocenters. The molecule has 0 aliphatic carbocycles. The highest BCUT2D eigenvalue weighted by Crippen LogP contribution is 1.95. The van der Waals surface area contributed by atoms with Gasteiger partial charge in [0.1, 0.15) is 0 Å². The molecule has 0 aromatic carbocycles. The van der Waals surface area contributed by atoms with E-state index in [0.29, 0.717) is 6.54 Å². The molecular formula is C8H15N3O2. The summed E-state index contributed by atoms with van der Waals surface area (Å²) in [6.45, 7) is 0.493. The van der Waals surface area contributed by atoms with Crippen LogP contribution in [0.1, 0.15) is 5.56 Å². The van der Waals surface area contributed by atoms with Crippen LogP contribution in [0.3, 0.4) is 0 Å². The van der Waals surface area contributed by atoms with E-state index in [-0.39, 0.29) is 19.3 Å². The number of aromatic nitrogens is 2. The zero-order chi connectivity index (χ0) is 9.68. The summed E-state index contributed by atoms with van der Waals surface area (Å²) < 4.78 is 1.71. The van der Waals surface area contributed by atoms with Crippen LogP contribution in [-0.4, -0.2) is 39.2 Å². The molecule has 0 amide bonds. The number of aryl methyl sites for hydroxylation is 1. The minimum Gasteiger partial charge on any atom is -0.395 e. The predicted molar refractivity (Wildman–Crippen MR) is 48.0 cm³/mol. The molecule has 0 fully saturated rings. The van der Waals surface area contributed by atoms with Gasteiger partial charge in [-0.3, -0.25) is 4.68 Å². The summed E-state index contributed by atoms with van der Waals surface area (Å²) in [6, 6.07) is -0.250. The third kappa shape index (κ3) is 3.14. The van der Waals surface area contributed by atoms with Crippen molar-refractivity contribution >= 4 is 0 Å². The fourth-order valence-corrected chi connectivity index (χ4v) is 1.01. The molecule has 13 heavy (non-hydrogen) atoms. The van der Waals surface area contributed by atoms with Gasteiger partial charge in [-0.2, -0.15) is 5.10 Å². The van der Waals surface area contributed by atoms with Crippen molar-refractivity contribution in [3.05, 3.63) is 18.0 Å². The Morgan fingerprint density at radius 1 is 1.54 bits per heavy atom. The van der Waals surface area contributed by atoms with Gasteiger partial charge < -0.3 is 15.5 Å². The maximum Gasteiger partial charge on any atom is 0.0607 e. The lowest BCUT2D eigenvalue weighted by atomic mass is 10.3. The molecule has 5 heteroatoms. The molecule has 0 aliphatic rings. The highest BCUT2D eigenvalue weighted by Gasteiger charge is 2.04. The fraction of sp³-hybridized carbons (Fsp3) is 0.625. The second kappa shape index (κ2) is 4.96. The molecule has 74 valence electrons. The first kappa shape index (κ1) is 10.2. The minimum absolute atomic E-state index is 0.0588. The van der Waals surface area contributed by atoms with Crippen LogP contribution >= 0.6 is 0 Å². The van der Waals surface area contributed by atoms with E-state index in [9.17, 15) is 0 Å². The van der Waals surface area contributed by atoms with Crippen molar-refractivity contribution in [1.82, 2.24) is 15.1 Å². The maximum absolute atomic E-state index is 8.77. The first-order valence-electron chi connectivity index (χ1n) is 4.19. The molecule has 0 radical (unpaired) electrons. The number of nitrogens with zero attached hydrogens (tertiary/aromatic N) is 2. The first-order chi connectivity index (χ1) is 6.26. The molecule has 1 rings (SSSR count). The molecule has 0 spiro atoms. The van der Waals surface area contributed by atoms with Crippen molar-refractivity contribution in [2.75, 3.05) is 13.2 Å². The quantitative estimate of drug-likeness (QED) is 0.542. The third-order valence-corrected chi connectivity index (χ3v) is 1.79. The molecule has 5 nitrogen and oxygen atoms in total. The summed E-state index contributed by atoms with van der Waals surface area (Å²) in [5.74, 6) is 0. The predicted octanol–water partition coefficient (Wildman–Crippen LogP) is -1.14. The Morgan fingerprint density at radius 3 is 2.69 bits per heavy atom. The van der Waals surface area contributed by atoms with Gasteiger partial charge >= 0.3 is 0 Å². The van der Waals surface area contributed by atoms with Gasteiger partial charge in [-0.15, -0.1) is 0 Å². The molecule has 3 N–H and O–H groups in total. The Labute approximate surface area is 77.0 Å². The minimum atomic E-state index is -0.250. The van der Waals surface area contributed by atoms with Crippen LogP contribution in [-0.2, 0) is 13.6 Å². The normalized spacial score (nSPS) is 11.1. The Bertz CT molecular complexity index is 245. The molecule has 0 atom stereocenters. The molecule has 1 aromatic heterocycles. The van der Waals surface area contributed by atoms with Crippen LogP contribution < -0.4 is 5.32 Å². The average molecular weight is 185 g/mol. The van der Waals surface area contributed by atoms with Gasteiger partial charge in [0, 0.05) is 25.4 Å². The van der Waals surface area contributed by atoms with Gasteiger partial charge in [0.15, 0.2) is 0 Å². The zero-order valence-electron chi connectivity index (χ0n) is 7.64. The number of hydrogen-bond donors (Lipinski definition) is 3. The van der Waals surface area contributed by atoms with Gasteiger partial charge in [-0.05, 0) is 0 Å². The Balaban J connectivity index is 2.33. The van der Waals surface area contributed by atoms with Crippen molar-refractivity contribution in [1.29, 1.82) is 0 Å². The number of nitrogens with one attached hydrogen (secondary N) is 1. The van der Waals surface area contributed by atoms with Crippen LogP contribution in [0.25, 0.3) is 0 Å². The lowest BCUT2D eigenvalue weighted by molar-refractivity contribution is 0.170. The lowest BCUT2D eigenvalue weighted by Crippen LogP contribution is -2.35. The summed E-state index contributed by atoms with van der Waals surface area (Å²) in [5, 5.41) is 24.5. The van der Waals surface area contributed by atoms with Gasteiger partial charge in [0.05, 0.1) is 25.5 Å². The Hall–Kier alpha value is -0.910. The second-order valence-electron chi connectivity index (χ2n) is 2.97. The van der Waals surface area contributed by atoms with E-state index in [0.717, 1.165) is 5.56 Å². The third-order valence-electron chi connectivity index (χ3n) is 1.79. The van der Waals surface area contributed by atoms with E-state index in [2.05, 4.69) is 10.4 Å². The molecule has 1 heterocycles. The first-order valence-corrected chi connectivity index (χ1v) is 4.19. The van der Waals surface area contributed by atoms with Crippen molar-refractivity contribution in [3.8, 4) is 0 Å². The number of aliphatic hydroxyl groups excluding tert-OH is 2. The summed E-state index contributed by atoms with van der Waals surface area (Å²) in [4.78, 5) is 0. The molecule has 1 aromatic rings. The highest BCUT2D eigenvalue weighted by molar-refractivity contribution is 5.03. The topological polar surface area (TPSA) is 70.3 Å². The summed E-state index contributed by atoms with van der Waals surface area (Å²) in [6.07, 6.45) is 3.64. The summed E-state index contributed by atoms with van der Waals surface area (Å²) in [7, 11) is 1.85. The standard InChI is InChI=1S/C8H15N3O2/c1-11-4-7(3-10-11)2-9-8(5-12)6-13/h3-4,8-9,12-13H,2,5-6H2,1H3. The molecular weight excluding hydrogens is 170 g/mol. The Morgan fingerprint density at radius 2 is 2.23 bits per heavy atom. The average Bonchev–Trinajstić information content (AvgIpc) is 2.53. The van der Waals surface area contributed by atoms with E-state index in [1.807, 2.05) is 13.2 Å². The van der Waals surface area contributed by atoms with Crippen molar-refractivity contribution < 1.29 is 10.2 Å². The van der Waals surface area contributed by atoms with Crippen LogP contribution in [0.4, 0.5) is 0 Å². The van der Waals surface area contributed by atoms with E-state index in [1.165, 1.54) is 0 Å². The van der Waals surface area contributed by atoms with Gasteiger partial charge in [0.2, 0.25) is 0 Å². The van der Waals surface area contributed by atoms with Gasteiger partial charge in [-0.1, -0.05) is 0 Å². The Kier molecular flexibility index (Phi) is 3.88. The van der Waals surface area contributed by atoms with Crippen molar-refractivity contribution in [3.63, 3.8) is 0 Å². The molecule has 0 bridgehead atoms. The monoisotopic (exact) mass is 185 g/mol. The highest BCUT2D eigenvalue weighted by atomic mass is 16.3. The van der Waals surface area contributed by atoms with Crippen LogP contribution in [0.15, 0.2) is 12.4 Å². The van der Waals surface area contributed by atoms with Gasteiger partial charge in [-0.25, -0.2) is 0 Å². The lowest BCUT2D eigenvalue weighted by Gasteiger charge is -2.11. The van der Waals surface area contributed by atoms with Crippen molar-refractivity contribution in [2.45, 2.75) is 12.6 Å². The van der Waals surface area contributed by atoms with Crippen LogP contribution in [0.5, 0.6) is 0 Å². The van der Waals surface area contributed by atoms with E-state index in [4.69, 9.17) is 10.2 Å². The van der Waals surface area contributed by atoms with Crippen LogP contribution in [0.2, 0.25) is 0 Å². The molecule has 0 saturated heterocycles. The van der Waals surface area contributed by atoms with Crippen molar-refractivity contribution in [2.24, 2.45) is 7.05 Å². The molecule has 0 aliphatic heterocycles. The van der Waals surface area contributed by atoms with Gasteiger partial charge in [0.25, 0.3) is 0 Å². The number of rotatable bonds is 5. The maximum atomic E-state index is 8.77. The SMILES string of the molecule is Cn1cc(CNC(CO)CO)cn1. The summed E-state index contributed by atoms with van der Waals surface area (Å²) >= 11 is 0. The molecule has 0 saturated carbocycles. The second-order valence-corrected chi connectivity index (χ2v) is 2.97. The van der Waals surface area contributed by atoms with E-state index < -0.39 is 0 Å². The van der Waals surface area contributed by atoms with Crippen LogP contribution in [0, 0.1) is 0 Å². The number of aliphatic hydroxyl groups is 2. The zero-order valence-corrected chi connectivity index (χ0v) is 7.64. The van der Waals surface area contributed by atoms with E-state index >= 15 is 0 Å². The largest absolute Gasteiger partial charge is 0.395 e. The summed E-state index contributed by atoms with van der Waals surface area (Å²) in [5.41, 5.74) is 1.04. The fourth-order valence-electron chi connectivity index (χ4n) is 1.01. The number of hydrogen-bond acceptors (Lipinski definition) is 4. The van der Waals surface area contributed by atoms with E-state index in [1.54, 1.807) is 10.9 Å².